The topological polar surface area (TPSA) is 26.3 Å². The van der Waals surface area contributed by atoms with Crippen molar-refractivity contribution in [1.82, 2.24) is 0 Å². The smallest absolute Gasteiger partial charge is 0.385 e. The van der Waals surface area contributed by atoms with E-state index in [1.165, 1.54) is 0 Å². The average molecular weight is 500 g/mol. The van der Waals surface area contributed by atoms with Gasteiger partial charge in [0, 0.05) is 6.08 Å². The van der Waals surface area contributed by atoms with Gasteiger partial charge in [-0.25, -0.2) is 13.6 Å². The van der Waals surface area contributed by atoms with E-state index in [0.29, 0.717) is 6.08 Å². The van der Waals surface area contributed by atoms with Crippen molar-refractivity contribution in [2.75, 3.05) is 6.61 Å². The molecule has 0 heterocycles. The van der Waals surface area contributed by atoms with Crippen LogP contribution in [0.2, 0.25) is 0 Å². The van der Waals surface area contributed by atoms with Crippen LogP contribution in [0.3, 0.4) is 0 Å². The summed E-state index contributed by atoms with van der Waals surface area (Å²) in [6.45, 7) is -2.18. The molecule has 0 saturated carbocycles. The first-order chi connectivity index (χ1) is 13.4. The van der Waals surface area contributed by atoms with Crippen LogP contribution < -0.4 is 0 Å². The summed E-state index contributed by atoms with van der Waals surface area (Å²) < 4.78 is 211. The molecule has 0 aromatic heterocycles. The second-order valence-corrected chi connectivity index (χ2v) is 5.61. The Morgan fingerprint density at radius 3 is 1.42 bits per heavy atom. The van der Waals surface area contributed by atoms with Gasteiger partial charge < -0.3 is 4.74 Å². The van der Waals surface area contributed by atoms with Crippen LogP contribution in [0.15, 0.2) is 12.2 Å². The molecule has 184 valence electrons. The fourth-order valence-electron chi connectivity index (χ4n) is 1.60. The van der Waals surface area contributed by atoms with Crippen LogP contribution in [0.25, 0.3) is 0 Å². The first-order valence-electron chi connectivity index (χ1n) is 7.12. The summed E-state index contributed by atoms with van der Waals surface area (Å²) in [5.41, 5.74) is 0. The fourth-order valence-corrected chi connectivity index (χ4v) is 1.60. The predicted molar refractivity (Wildman–Crippen MR) is 66.4 cm³/mol. The van der Waals surface area contributed by atoms with Crippen LogP contribution in [0, 0.1) is 0 Å². The van der Waals surface area contributed by atoms with Gasteiger partial charge in [0.15, 0.2) is 6.61 Å². The van der Waals surface area contributed by atoms with Gasteiger partial charge in [0.25, 0.3) is 0 Å². The summed E-state index contributed by atoms with van der Waals surface area (Å²) >= 11 is 0. The molecule has 0 aromatic rings. The number of ether oxygens (including phenoxy) is 1. The number of allylic oxidation sites excluding steroid dienone is 1. The van der Waals surface area contributed by atoms with Crippen molar-refractivity contribution in [1.29, 1.82) is 0 Å². The highest BCUT2D eigenvalue weighted by molar-refractivity contribution is 5.81. The van der Waals surface area contributed by atoms with Crippen LogP contribution >= 0.6 is 0 Å². The van der Waals surface area contributed by atoms with E-state index in [0.717, 1.165) is 6.92 Å². The maximum atomic E-state index is 13.4. The molecule has 0 atom stereocenters. The molecular weight excluding hydrogens is 492 g/mol. The molecule has 0 aliphatic carbocycles. The number of alkyl halides is 16. The molecular formula is C13H8F16O2. The van der Waals surface area contributed by atoms with Gasteiger partial charge in [-0.2, -0.15) is 61.5 Å². The Bertz CT molecular complexity index is 681. The van der Waals surface area contributed by atoms with Crippen molar-refractivity contribution < 1.29 is 79.8 Å². The van der Waals surface area contributed by atoms with Crippen LogP contribution in [0.5, 0.6) is 0 Å². The molecule has 0 rings (SSSR count). The summed E-state index contributed by atoms with van der Waals surface area (Å²) in [5.74, 6) is -57.2. The quantitative estimate of drug-likeness (QED) is 0.215. The third-order valence-electron chi connectivity index (χ3n) is 3.43. The van der Waals surface area contributed by atoms with Crippen molar-refractivity contribution in [2.24, 2.45) is 0 Å². The lowest BCUT2D eigenvalue weighted by molar-refractivity contribution is -0.447. The Morgan fingerprint density at radius 1 is 0.710 bits per heavy atom. The minimum absolute atomic E-state index is 0.210. The Balaban J connectivity index is 6.40. The largest absolute Gasteiger partial charge is 0.456 e. The molecule has 0 radical (unpaired) electrons. The highest BCUT2D eigenvalue weighted by Gasteiger charge is 2.93. The second-order valence-electron chi connectivity index (χ2n) is 5.61. The highest BCUT2D eigenvalue weighted by Crippen LogP contribution is 2.62. The van der Waals surface area contributed by atoms with E-state index in [-0.39, 0.29) is 6.08 Å². The van der Waals surface area contributed by atoms with E-state index in [1.807, 2.05) is 0 Å². The van der Waals surface area contributed by atoms with E-state index in [1.54, 1.807) is 0 Å². The highest BCUT2D eigenvalue weighted by atomic mass is 19.4. The Kier molecular flexibility index (Phi) is 7.71. The van der Waals surface area contributed by atoms with Crippen molar-refractivity contribution in [3.8, 4) is 0 Å². The van der Waals surface area contributed by atoms with Gasteiger partial charge in [-0.1, -0.05) is 6.08 Å². The number of hydrogen-bond acceptors (Lipinski definition) is 2. The monoisotopic (exact) mass is 500 g/mol. The Morgan fingerprint density at radius 2 is 1.06 bits per heavy atom. The van der Waals surface area contributed by atoms with Gasteiger partial charge in [0.1, 0.15) is 0 Å². The number of rotatable bonds is 10. The van der Waals surface area contributed by atoms with Gasteiger partial charge in [0.05, 0.1) is 0 Å². The first kappa shape index (κ1) is 29.1. The molecule has 0 aromatic carbocycles. The standard InChI is InChI=1S/C13H8F16O2/c1-2-3-5(30)31-4-7(16,17)9(20,21)11(24,25)13(28,29)12(26,27)10(22,23)8(18,19)6(14)15/h2-3,6H,4H2,1H3/b3-2+. The molecule has 0 unspecified atom stereocenters. The molecule has 0 spiro atoms. The van der Waals surface area contributed by atoms with Crippen molar-refractivity contribution >= 4 is 5.97 Å². The summed E-state index contributed by atoms with van der Waals surface area (Å²) in [6.07, 6.45) is -4.97. The van der Waals surface area contributed by atoms with Crippen molar-refractivity contribution in [3.63, 3.8) is 0 Å². The van der Waals surface area contributed by atoms with Gasteiger partial charge in [0.2, 0.25) is 0 Å². The molecule has 0 fully saturated rings. The van der Waals surface area contributed by atoms with Crippen LogP contribution in [-0.4, -0.2) is 60.5 Å². The van der Waals surface area contributed by atoms with Crippen molar-refractivity contribution in [3.05, 3.63) is 12.2 Å². The molecule has 31 heavy (non-hydrogen) atoms. The minimum atomic E-state index is -8.47. The average Bonchev–Trinajstić information content (AvgIpc) is 2.59. The number of carbonyl (C=O) groups excluding carboxylic acids is 1. The maximum Gasteiger partial charge on any atom is 0.385 e. The second kappa shape index (κ2) is 8.22. The lowest BCUT2D eigenvalue weighted by atomic mass is 9.89. The molecule has 0 bridgehead atoms. The van der Waals surface area contributed by atoms with Gasteiger partial charge in [-0.15, -0.1) is 0 Å². The molecule has 0 amide bonds. The summed E-state index contributed by atoms with van der Waals surface area (Å²) in [6, 6.07) is 0. The summed E-state index contributed by atoms with van der Waals surface area (Å²) in [7, 11) is 0. The van der Waals surface area contributed by atoms with Crippen LogP contribution in [0.4, 0.5) is 70.2 Å². The number of carbonyl (C=O) groups is 1. The first-order valence-corrected chi connectivity index (χ1v) is 7.12. The summed E-state index contributed by atoms with van der Waals surface area (Å²) in [4.78, 5) is 10.7. The Labute approximate surface area is 160 Å². The van der Waals surface area contributed by atoms with E-state index >= 15 is 0 Å². The number of halogens is 16. The SMILES string of the molecule is C/C=C/C(=O)OCC(F)(F)C(F)(F)C(F)(F)C(F)(F)C(F)(F)C(F)(F)C(F)(F)C(F)F. The van der Waals surface area contributed by atoms with Crippen molar-refractivity contribution in [2.45, 2.75) is 54.8 Å². The summed E-state index contributed by atoms with van der Waals surface area (Å²) in [5, 5.41) is 0. The molecule has 0 aliphatic heterocycles. The lowest BCUT2D eigenvalue weighted by Gasteiger charge is -2.42. The van der Waals surface area contributed by atoms with Gasteiger partial charge in [-0.3, -0.25) is 0 Å². The molecule has 18 heteroatoms. The maximum absolute atomic E-state index is 13.4. The predicted octanol–water partition coefficient (Wildman–Crippen LogP) is 5.82. The van der Waals surface area contributed by atoms with E-state index in [4.69, 9.17) is 0 Å². The number of hydrogen-bond donors (Lipinski definition) is 0. The van der Waals surface area contributed by atoms with E-state index in [9.17, 15) is 75.0 Å². The molecule has 2 nitrogen and oxygen atoms in total. The van der Waals surface area contributed by atoms with Gasteiger partial charge >= 0.3 is 53.9 Å². The molecule has 0 N–H and O–H groups in total. The third-order valence-corrected chi connectivity index (χ3v) is 3.43. The molecule has 0 aliphatic rings. The zero-order chi connectivity index (χ0) is 25.5. The molecule has 0 saturated heterocycles. The number of esters is 1. The third kappa shape index (κ3) is 4.25. The Hall–Kier alpha value is -1.91. The fraction of sp³-hybridized carbons (Fsp3) is 0.769. The minimum Gasteiger partial charge on any atom is -0.456 e. The van der Waals surface area contributed by atoms with E-state index in [2.05, 4.69) is 4.74 Å². The normalized spacial score (nSPS) is 15.7. The van der Waals surface area contributed by atoms with Gasteiger partial charge in [-0.05, 0) is 6.92 Å². The lowest BCUT2D eigenvalue weighted by Crippen LogP contribution is -2.74. The van der Waals surface area contributed by atoms with E-state index < -0.39 is 60.5 Å². The zero-order valence-corrected chi connectivity index (χ0v) is 14.3. The van der Waals surface area contributed by atoms with Crippen LogP contribution in [0.1, 0.15) is 6.92 Å². The zero-order valence-electron chi connectivity index (χ0n) is 14.3. The van der Waals surface area contributed by atoms with Crippen LogP contribution in [-0.2, 0) is 9.53 Å².